The van der Waals surface area contributed by atoms with Crippen molar-refractivity contribution in [2.75, 3.05) is 12.4 Å². The zero-order valence-corrected chi connectivity index (χ0v) is 16.3. The minimum absolute atomic E-state index is 0.151. The molecule has 2 N–H and O–H groups in total. The first-order chi connectivity index (χ1) is 11.7. The SMILES string of the molecule is CNS(=O)(=O)c1cc(NC(=O)c2ccccc2SC(C)C)ccc1C. The predicted octanol–water partition coefficient (Wildman–Crippen LogP) is 3.66. The fourth-order valence-corrected chi connectivity index (χ4v) is 4.23. The molecule has 0 radical (unpaired) electrons. The summed E-state index contributed by atoms with van der Waals surface area (Å²) in [5.74, 6) is -0.264. The third kappa shape index (κ3) is 4.84. The maximum atomic E-state index is 12.6. The van der Waals surface area contributed by atoms with Crippen LogP contribution in [0.2, 0.25) is 0 Å². The van der Waals surface area contributed by atoms with Gasteiger partial charge in [-0.15, -0.1) is 11.8 Å². The number of aryl methyl sites for hydroxylation is 1. The van der Waals surface area contributed by atoms with Gasteiger partial charge in [0, 0.05) is 15.8 Å². The number of hydrogen-bond acceptors (Lipinski definition) is 4. The highest BCUT2D eigenvalue weighted by Gasteiger charge is 2.17. The normalized spacial score (nSPS) is 11.6. The predicted molar refractivity (Wildman–Crippen MR) is 103 cm³/mol. The number of carbonyl (C=O) groups excluding carboxylic acids is 1. The van der Waals surface area contributed by atoms with Crippen molar-refractivity contribution in [1.29, 1.82) is 0 Å². The zero-order valence-electron chi connectivity index (χ0n) is 14.7. The van der Waals surface area contributed by atoms with Crippen molar-refractivity contribution in [3.05, 3.63) is 53.6 Å². The van der Waals surface area contributed by atoms with Gasteiger partial charge in [-0.2, -0.15) is 0 Å². The summed E-state index contributed by atoms with van der Waals surface area (Å²) in [5.41, 5.74) is 1.62. The Morgan fingerprint density at radius 1 is 1.12 bits per heavy atom. The monoisotopic (exact) mass is 378 g/mol. The van der Waals surface area contributed by atoms with E-state index in [1.807, 2.05) is 18.2 Å². The summed E-state index contributed by atoms with van der Waals surface area (Å²) in [7, 11) is -2.22. The van der Waals surface area contributed by atoms with Gasteiger partial charge in [0.1, 0.15) is 0 Å². The molecule has 2 aromatic carbocycles. The number of carbonyl (C=O) groups is 1. The summed E-state index contributed by atoms with van der Waals surface area (Å²) in [5, 5.41) is 3.14. The van der Waals surface area contributed by atoms with Crippen LogP contribution in [-0.2, 0) is 10.0 Å². The maximum Gasteiger partial charge on any atom is 0.256 e. The Morgan fingerprint density at radius 3 is 2.44 bits per heavy atom. The van der Waals surface area contributed by atoms with Gasteiger partial charge in [0.25, 0.3) is 5.91 Å². The molecule has 2 rings (SSSR count). The Morgan fingerprint density at radius 2 is 1.80 bits per heavy atom. The van der Waals surface area contributed by atoms with Gasteiger partial charge in [-0.25, -0.2) is 13.1 Å². The second-order valence-corrected chi connectivity index (χ2v) is 9.28. The van der Waals surface area contributed by atoms with Crippen molar-refractivity contribution >= 4 is 33.4 Å². The number of amides is 1. The van der Waals surface area contributed by atoms with Crippen LogP contribution in [0, 0.1) is 6.92 Å². The van der Waals surface area contributed by atoms with Crippen molar-refractivity contribution in [2.24, 2.45) is 0 Å². The molecule has 0 unspecified atom stereocenters. The topological polar surface area (TPSA) is 75.3 Å². The number of sulfonamides is 1. The molecule has 134 valence electrons. The van der Waals surface area contributed by atoms with Crippen molar-refractivity contribution < 1.29 is 13.2 Å². The van der Waals surface area contributed by atoms with E-state index in [-0.39, 0.29) is 10.8 Å². The molecule has 7 heteroatoms. The zero-order chi connectivity index (χ0) is 18.6. The van der Waals surface area contributed by atoms with Crippen LogP contribution in [-0.4, -0.2) is 26.6 Å². The Balaban J connectivity index is 2.32. The van der Waals surface area contributed by atoms with E-state index in [0.29, 0.717) is 22.1 Å². The first-order valence-electron chi connectivity index (χ1n) is 7.86. The van der Waals surface area contributed by atoms with E-state index in [1.165, 1.54) is 13.1 Å². The minimum atomic E-state index is -3.58. The number of benzene rings is 2. The van der Waals surface area contributed by atoms with E-state index in [9.17, 15) is 13.2 Å². The molecule has 5 nitrogen and oxygen atoms in total. The summed E-state index contributed by atoms with van der Waals surface area (Å²) in [6.45, 7) is 5.84. The number of nitrogens with one attached hydrogen (secondary N) is 2. The lowest BCUT2D eigenvalue weighted by atomic mass is 10.2. The number of thioether (sulfide) groups is 1. The molecule has 0 fully saturated rings. The number of anilines is 1. The summed E-state index contributed by atoms with van der Waals surface area (Å²) in [4.78, 5) is 13.7. The second-order valence-electron chi connectivity index (χ2n) is 5.80. The van der Waals surface area contributed by atoms with Crippen LogP contribution in [0.1, 0.15) is 29.8 Å². The highest BCUT2D eigenvalue weighted by atomic mass is 32.2. The van der Waals surface area contributed by atoms with Crippen LogP contribution in [0.5, 0.6) is 0 Å². The van der Waals surface area contributed by atoms with Crippen LogP contribution >= 0.6 is 11.8 Å². The number of hydrogen-bond donors (Lipinski definition) is 2. The molecule has 0 atom stereocenters. The van der Waals surface area contributed by atoms with Gasteiger partial charge in [-0.05, 0) is 43.8 Å². The molecule has 0 saturated heterocycles. The van der Waals surface area contributed by atoms with Crippen LogP contribution in [0.25, 0.3) is 0 Å². The van der Waals surface area contributed by atoms with E-state index in [2.05, 4.69) is 23.9 Å². The highest BCUT2D eigenvalue weighted by Crippen LogP contribution is 2.27. The molecular weight excluding hydrogens is 356 g/mol. The molecule has 2 aromatic rings. The van der Waals surface area contributed by atoms with Gasteiger partial charge in [0.15, 0.2) is 0 Å². The van der Waals surface area contributed by atoms with E-state index < -0.39 is 10.0 Å². The average Bonchev–Trinajstić information content (AvgIpc) is 2.56. The van der Waals surface area contributed by atoms with Crippen molar-refractivity contribution in [3.8, 4) is 0 Å². The van der Waals surface area contributed by atoms with E-state index >= 15 is 0 Å². The van der Waals surface area contributed by atoms with Gasteiger partial charge in [0.05, 0.1) is 10.5 Å². The largest absolute Gasteiger partial charge is 0.322 e. The minimum Gasteiger partial charge on any atom is -0.322 e. The Bertz CT molecular complexity index is 878. The lowest BCUT2D eigenvalue weighted by molar-refractivity contribution is 0.102. The molecule has 0 aromatic heterocycles. The summed E-state index contributed by atoms with van der Waals surface area (Å²) >= 11 is 1.61. The Hall–Kier alpha value is -1.83. The first kappa shape index (κ1) is 19.5. The molecule has 0 aliphatic heterocycles. The van der Waals surface area contributed by atoms with E-state index in [1.54, 1.807) is 36.9 Å². The molecule has 0 bridgehead atoms. The first-order valence-corrected chi connectivity index (χ1v) is 10.2. The van der Waals surface area contributed by atoms with Gasteiger partial charge < -0.3 is 5.32 Å². The van der Waals surface area contributed by atoms with E-state index in [0.717, 1.165) is 4.90 Å². The standard InChI is InChI=1S/C18H22N2O3S2/c1-12(2)24-16-8-6-5-7-15(16)18(21)20-14-10-9-13(3)17(11-14)25(22,23)19-4/h5-12,19H,1-4H3,(H,20,21). The fraction of sp³-hybridized carbons (Fsp3) is 0.278. The van der Waals surface area contributed by atoms with Crippen LogP contribution in [0.4, 0.5) is 5.69 Å². The van der Waals surface area contributed by atoms with E-state index in [4.69, 9.17) is 0 Å². The molecule has 0 aliphatic rings. The third-order valence-corrected chi connectivity index (χ3v) is 6.14. The van der Waals surface area contributed by atoms with Crippen LogP contribution < -0.4 is 10.0 Å². The van der Waals surface area contributed by atoms with Crippen molar-refractivity contribution in [1.82, 2.24) is 4.72 Å². The third-order valence-electron chi connectivity index (χ3n) is 3.50. The maximum absolute atomic E-state index is 12.6. The smallest absolute Gasteiger partial charge is 0.256 e. The quantitative estimate of drug-likeness (QED) is 0.752. The van der Waals surface area contributed by atoms with Gasteiger partial charge in [-0.3, -0.25) is 4.79 Å². The molecule has 0 saturated carbocycles. The van der Waals surface area contributed by atoms with Gasteiger partial charge >= 0.3 is 0 Å². The lowest BCUT2D eigenvalue weighted by Crippen LogP contribution is -2.20. The molecule has 25 heavy (non-hydrogen) atoms. The molecule has 0 spiro atoms. The van der Waals surface area contributed by atoms with Crippen molar-refractivity contribution in [3.63, 3.8) is 0 Å². The van der Waals surface area contributed by atoms with Crippen LogP contribution in [0.15, 0.2) is 52.3 Å². The van der Waals surface area contributed by atoms with Gasteiger partial charge in [-0.1, -0.05) is 32.0 Å². The Kier molecular flexibility index (Phi) is 6.26. The number of rotatable bonds is 6. The second kappa shape index (κ2) is 8.03. The molecule has 0 aliphatic carbocycles. The summed E-state index contributed by atoms with van der Waals surface area (Å²) in [6.07, 6.45) is 0. The van der Waals surface area contributed by atoms with Gasteiger partial charge in [0.2, 0.25) is 10.0 Å². The molecular formula is C18H22N2O3S2. The van der Waals surface area contributed by atoms with Crippen molar-refractivity contribution in [2.45, 2.75) is 35.8 Å². The molecule has 1 amide bonds. The average molecular weight is 379 g/mol. The summed E-state index contributed by atoms with van der Waals surface area (Å²) < 4.78 is 26.5. The lowest BCUT2D eigenvalue weighted by Gasteiger charge is -2.13. The molecule has 0 heterocycles. The summed E-state index contributed by atoms with van der Waals surface area (Å²) in [6, 6.07) is 12.2. The fourth-order valence-electron chi connectivity index (χ4n) is 2.29. The van der Waals surface area contributed by atoms with Crippen LogP contribution in [0.3, 0.4) is 0 Å². The Labute approximate surface area is 153 Å². The highest BCUT2D eigenvalue weighted by molar-refractivity contribution is 8.00.